The number of carbonyl (C=O) groups is 1. The van der Waals surface area contributed by atoms with Crippen molar-refractivity contribution in [1.82, 2.24) is 14.8 Å². The second-order valence-corrected chi connectivity index (χ2v) is 5.51. The largest absolute Gasteiger partial charge is 0.307 e. The Morgan fingerprint density at radius 2 is 1.86 bits per heavy atom. The standard InChI is InChI=1S/C16H13BrN4O/c17-14-4-2-1-3-13(14)11-21-15(7-10-19-21)20-16(22)12-5-8-18-9-6-12/h1-10H,11H2,(H,20,22). The molecule has 0 spiro atoms. The molecule has 1 amide bonds. The molecule has 0 fully saturated rings. The number of nitrogens with zero attached hydrogens (tertiary/aromatic N) is 3. The Kier molecular flexibility index (Phi) is 4.29. The van der Waals surface area contributed by atoms with Gasteiger partial charge in [0.15, 0.2) is 0 Å². The molecule has 6 heteroatoms. The van der Waals surface area contributed by atoms with E-state index in [0.29, 0.717) is 17.9 Å². The normalized spacial score (nSPS) is 10.4. The van der Waals surface area contributed by atoms with Crippen LogP contribution in [0.15, 0.2) is 65.5 Å². The minimum atomic E-state index is -0.184. The Hall–Kier alpha value is -2.47. The number of hydrogen-bond acceptors (Lipinski definition) is 3. The Morgan fingerprint density at radius 1 is 1.09 bits per heavy atom. The Bertz CT molecular complexity index is 786. The maximum atomic E-state index is 12.2. The Morgan fingerprint density at radius 3 is 2.64 bits per heavy atom. The molecule has 0 radical (unpaired) electrons. The molecule has 0 saturated carbocycles. The fourth-order valence-electron chi connectivity index (χ4n) is 2.04. The van der Waals surface area contributed by atoms with Crippen LogP contribution in [0.1, 0.15) is 15.9 Å². The van der Waals surface area contributed by atoms with Crippen molar-refractivity contribution < 1.29 is 4.79 Å². The number of nitrogens with one attached hydrogen (secondary N) is 1. The van der Waals surface area contributed by atoms with Crippen LogP contribution in [0.3, 0.4) is 0 Å². The van der Waals surface area contributed by atoms with Gasteiger partial charge in [-0.25, -0.2) is 4.68 Å². The Balaban J connectivity index is 1.78. The van der Waals surface area contributed by atoms with Gasteiger partial charge in [0, 0.05) is 28.5 Å². The number of rotatable bonds is 4. The number of aromatic nitrogens is 3. The first-order valence-electron chi connectivity index (χ1n) is 6.70. The Labute approximate surface area is 136 Å². The van der Waals surface area contributed by atoms with Crippen LogP contribution in [0.4, 0.5) is 5.82 Å². The molecule has 22 heavy (non-hydrogen) atoms. The summed E-state index contributed by atoms with van der Waals surface area (Å²) in [6.07, 6.45) is 4.85. The number of anilines is 1. The van der Waals surface area contributed by atoms with Crippen LogP contribution in [0.5, 0.6) is 0 Å². The highest BCUT2D eigenvalue weighted by molar-refractivity contribution is 9.10. The quantitative estimate of drug-likeness (QED) is 0.779. The predicted molar refractivity (Wildman–Crippen MR) is 87.7 cm³/mol. The lowest BCUT2D eigenvalue weighted by molar-refractivity contribution is 0.102. The van der Waals surface area contributed by atoms with E-state index >= 15 is 0 Å². The zero-order chi connectivity index (χ0) is 15.4. The van der Waals surface area contributed by atoms with Crippen LogP contribution < -0.4 is 5.32 Å². The first-order chi connectivity index (χ1) is 10.7. The number of amides is 1. The molecule has 0 aliphatic heterocycles. The van der Waals surface area contributed by atoms with Gasteiger partial charge in [-0.05, 0) is 23.8 Å². The second kappa shape index (κ2) is 6.53. The fraction of sp³-hybridized carbons (Fsp3) is 0.0625. The molecular weight excluding hydrogens is 344 g/mol. The van der Waals surface area contributed by atoms with Gasteiger partial charge < -0.3 is 5.32 Å². The molecule has 3 rings (SSSR count). The summed E-state index contributed by atoms with van der Waals surface area (Å²) in [6, 6.07) is 13.0. The molecule has 0 atom stereocenters. The van der Waals surface area contributed by atoms with E-state index in [4.69, 9.17) is 0 Å². The lowest BCUT2D eigenvalue weighted by Gasteiger charge is -2.10. The summed E-state index contributed by atoms with van der Waals surface area (Å²) >= 11 is 3.52. The highest BCUT2D eigenvalue weighted by atomic mass is 79.9. The highest BCUT2D eigenvalue weighted by Crippen LogP contribution is 2.19. The zero-order valence-electron chi connectivity index (χ0n) is 11.6. The van der Waals surface area contributed by atoms with Crippen molar-refractivity contribution >= 4 is 27.7 Å². The van der Waals surface area contributed by atoms with Crippen molar-refractivity contribution in [3.63, 3.8) is 0 Å². The van der Waals surface area contributed by atoms with Gasteiger partial charge in [-0.1, -0.05) is 34.1 Å². The number of halogens is 1. The van der Waals surface area contributed by atoms with Crippen LogP contribution >= 0.6 is 15.9 Å². The van der Waals surface area contributed by atoms with Crippen molar-refractivity contribution in [3.8, 4) is 0 Å². The first kappa shape index (κ1) is 14.5. The third-order valence-corrected chi connectivity index (χ3v) is 3.95. The van der Waals surface area contributed by atoms with Crippen LogP contribution in [0.25, 0.3) is 0 Å². The van der Waals surface area contributed by atoms with Crippen LogP contribution in [0, 0.1) is 0 Å². The number of carbonyl (C=O) groups excluding carboxylic acids is 1. The molecule has 0 bridgehead atoms. The van der Waals surface area contributed by atoms with Crippen molar-refractivity contribution in [1.29, 1.82) is 0 Å². The van der Waals surface area contributed by atoms with E-state index in [1.165, 1.54) is 0 Å². The highest BCUT2D eigenvalue weighted by Gasteiger charge is 2.10. The van der Waals surface area contributed by atoms with Crippen molar-refractivity contribution in [3.05, 3.63) is 76.7 Å². The molecule has 1 N–H and O–H groups in total. The van der Waals surface area contributed by atoms with E-state index in [2.05, 4.69) is 31.3 Å². The van der Waals surface area contributed by atoms with Crippen molar-refractivity contribution in [2.45, 2.75) is 6.54 Å². The van der Waals surface area contributed by atoms with E-state index in [0.717, 1.165) is 10.0 Å². The minimum Gasteiger partial charge on any atom is -0.307 e. The van der Waals surface area contributed by atoms with Crippen molar-refractivity contribution in [2.75, 3.05) is 5.32 Å². The average Bonchev–Trinajstić information content (AvgIpc) is 2.97. The third kappa shape index (κ3) is 3.23. The summed E-state index contributed by atoms with van der Waals surface area (Å²) in [4.78, 5) is 16.1. The third-order valence-electron chi connectivity index (χ3n) is 3.18. The van der Waals surface area contributed by atoms with Gasteiger partial charge in [-0.3, -0.25) is 9.78 Å². The second-order valence-electron chi connectivity index (χ2n) is 4.66. The molecule has 5 nitrogen and oxygen atoms in total. The predicted octanol–water partition coefficient (Wildman–Crippen LogP) is 3.34. The van der Waals surface area contributed by atoms with Crippen LogP contribution in [0.2, 0.25) is 0 Å². The van der Waals surface area contributed by atoms with Gasteiger partial charge >= 0.3 is 0 Å². The van der Waals surface area contributed by atoms with E-state index < -0.39 is 0 Å². The number of pyridine rings is 1. The van der Waals surface area contributed by atoms with E-state index in [1.54, 1.807) is 41.5 Å². The SMILES string of the molecule is O=C(Nc1ccnn1Cc1ccccc1Br)c1ccncc1. The summed E-state index contributed by atoms with van der Waals surface area (Å²) in [5.74, 6) is 0.467. The summed E-state index contributed by atoms with van der Waals surface area (Å²) in [5, 5.41) is 7.13. The summed E-state index contributed by atoms with van der Waals surface area (Å²) in [5.41, 5.74) is 1.65. The van der Waals surface area contributed by atoms with Gasteiger partial charge in [0.05, 0.1) is 12.7 Å². The van der Waals surface area contributed by atoms with Gasteiger partial charge in [0.25, 0.3) is 5.91 Å². The van der Waals surface area contributed by atoms with Gasteiger partial charge in [-0.15, -0.1) is 0 Å². The molecule has 0 saturated heterocycles. The molecule has 1 aromatic carbocycles. The first-order valence-corrected chi connectivity index (χ1v) is 7.50. The summed E-state index contributed by atoms with van der Waals surface area (Å²) < 4.78 is 2.76. The zero-order valence-corrected chi connectivity index (χ0v) is 13.2. The number of benzene rings is 1. The van der Waals surface area contributed by atoms with Crippen molar-refractivity contribution in [2.24, 2.45) is 0 Å². The maximum absolute atomic E-state index is 12.2. The lowest BCUT2D eigenvalue weighted by atomic mass is 10.2. The van der Waals surface area contributed by atoms with Gasteiger partial charge in [0.2, 0.25) is 0 Å². The van der Waals surface area contributed by atoms with Gasteiger partial charge in [0.1, 0.15) is 5.82 Å². The maximum Gasteiger partial charge on any atom is 0.256 e. The van der Waals surface area contributed by atoms with Crippen LogP contribution in [-0.4, -0.2) is 20.7 Å². The molecule has 0 aliphatic rings. The fourth-order valence-corrected chi connectivity index (χ4v) is 2.45. The van der Waals surface area contributed by atoms with Crippen LogP contribution in [-0.2, 0) is 6.54 Å². The lowest BCUT2D eigenvalue weighted by Crippen LogP contribution is -2.16. The minimum absolute atomic E-state index is 0.184. The monoisotopic (exact) mass is 356 g/mol. The van der Waals surface area contributed by atoms with E-state index in [1.807, 2.05) is 24.3 Å². The molecule has 3 aromatic rings. The molecule has 2 aromatic heterocycles. The van der Waals surface area contributed by atoms with Gasteiger partial charge in [-0.2, -0.15) is 5.10 Å². The molecule has 0 aliphatic carbocycles. The molecular formula is C16H13BrN4O. The molecule has 110 valence electrons. The molecule has 0 unspecified atom stereocenters. The topological polar surface area (TPSA) is 59.8 Å². The summed E-state index contributed by atoms with van der Waals surface area (Å²) in [7, 11) is 0. The molecule has 2 heterocycles. The van der Waals surface area contributed by atoms with E-state index in [9.17, 15) is 4.79 Å². The smallest absolute Gasteiger partial charge is 0.256 e. The van der Waals surface area contributed by atoms with E-state index in [-0.39, 0.29) is 5.91 Å². The summed E-state index contributed by atoms with van der Waals surface area (Å²) in [6.45, 7) is 0.570. The average molecular weight is 357 g/mol. The number of hydrogen-bond donors (Lipinski definition) is 1.